The Hall–Kier alpha value is -2.45. The lowest BCUT2D eigenvalue weighted by atomic mass is 10.1. The highest BCUT2D eigenvalue weighted by Crippen LogP contribution is 2.13. The Bertz CT molecular complexity index is 625. The predicted octanol–water partition coefficient (Wildman–Crippen LogP) is 0.606. The maximum atomic E-state index is 12.4. The van der Waals surface area contributed by atoms with Crippen molar-refractivity contribution in [1.29, 1.82) is 0 Å². The molecule has 1 aliphatic heterocycles. The van der Waals surface area contributed by atoms with Gasteiger partial charge in [-0.25, -0.2) is 4.79 Å². The first kappa shape index (κ1) is 19.9. The number of Topliss-reactive ketones (excluding diaryl/α,β-unsaturated/α-hetero) is 1. The van der Waals surface area contributed by atoms with E-state index in [4.69, 9.17) is 14.6 Å². The lowest BCUT2D eigenvalue weighted by Crippen LogP contribution is -2.42. The van der Waals surface area contributed by atoms with Crippen molar-refractivity contribution in [3.05, 3.63) is 29.8 Å². The van der Waals surface area contributed by atoms with Crippen LogP contribution in [0.3, 0.4) is 0 Å². The van der Waals surface area contributed by atoms with E-state index in [1.165, 1.54) is 24.3 Å². The number of carbonyl (C=O) groups excluding carboxylic acids is 2. The molecule has 0 radical (unpaired) electrons. The first-order chi connectivity index (χ1) is 12.5. The minimum absolute atomic E-state index is 0.0652. The second-order valence-electron chi connectivity index (χ2n) is 6.12. The summed E-state index contributed by atoms with van der Waals surface area (Å²) in [5.41, 5.74) is 0.403. The van der Waals surface area contributed by atoms with Crippen molar-refractivity contribution in [2.45, 2.75) is 31.9 Å². The van der Waals surface area contributed by atoms with Crippen molar-refractivity contribution < 1.29 is 29.0 Å². The molecule has 8 heteroatoms. The van der Waals surface area contributed by atoms with Crippen molar-refractivity contribution in [2.75, 3.05) is 26.3 Å². The molecule has 0 unspecified atom stereocenters. The van der Waals surface area contributed by atoms with Gasteiger partial charge in [0.25, 0.3) is 0 Å². The SMILES string of the molecule is C[C@H](NC(=O)COC1CCNCC1)C(=O)c1ccc(OCC(=O)O)cc1. The van der Waals surface area contributed by atoms with Crippen LogP contribution in [0.4, 0.5) is 0 Å². The number of aliphatic carboxylic acids is 1. The van der Waals surface area contributed by atoms with Gasteiger partial charge < -0.3 is 25.2 Å². The fourth-order valence-electron chi connectivity index (χ4n) is 2.61. The number of rotatable bonds is 9. The molecule has 1 amide bonds. The van der Waals surface area contributed by atoms with Gasteiger partial charge in [0.15, 0.2) is 12.4 Å². The molecule has 26 heavy (non-hydrogen) atoms. The summed E-state index contributed by atoms with van der Waals surface area (Å²) in [6, 6.07) is 5.42. The van der Waals surface area contributed by atoms with Gasteiger partial charge >= 0.3 is 5.97 Å². The normalized spacial score (nSPS) is 15.9. The Labute approximate surface area is 151 Å². The molecule has 1 fully saturated rings. The minimum atomic E-state index is -1.08. The number of hydrogen-bond donors (Lipinski definition) is 3. The molecule has 1 saturated heterocycles. The quantitative estimate of drug-likeness (QED) is 0.550. The molecule has 1 aromatic rings. The van der Waals surface area contributed by atoms with Crippen molar-refractivity contribution in [3.63, 3.8) is 0 Å². The van der Waals surface area contributed by atoms with Gasteiger partial charge in [0, 0.05) is 5.56 Å². The highest BCUT2D eigenvalue weighted by molar-refractivity contribution is 6.01. The van der Waals surface area contributed by atoms with E-state index in [1.54, 1.807) is 6.92 Å². The molecule has 2 rings (SSSR count). The van der Waals surface area contributed by atoms with Crippen LogP contribution in [0.2, 0.25) is 0 Å². The third-order valence-electron chi connectivity index (χ3n) is 4.01. The molecule has 1 aliphatic rings. The Morgan fingerprint density at radius 2 is 1.85 bits per heavy atom. The third-order valence-corrected chi connectivity index (χ3v) is 4.01. The second-order valence-corrected chi connectivity index (χ2v) is 6.12. The highest BCUT2D eigenvalue weighted by atomic mass is 16.5. The zero-order valence-electron chi connectivity index (χ0n) is 14.7. The molecule has 1 atom stereocenters. The number of ketones is 1. The Morgan fingerprint density at radius 3 is 2.46 bits per heavy atom. The first-order valence-electron chi connectivity index (χ1n) is 8.56. The van der Waals surface area contributed by atoms with Crippen LogP contribution in [0.5, 0.6) is 5.75 Å². The maximum Gasteiger partial charge on any atom is 0.341 e. The monoisotopic (exact) mass is 364 g/mol. The van der Waals surface area contributed by atoms with Gasteiger partial charge in [-0.15, -0.1) is 0 Å². The standard InChI is InChI=1S/C18H24N2O6/c1-12(20-16(21)10-25-15-6-8-19-9-7-15)18(24)13-2-4-14(5-3-13)26-11-17(22)23/h2-5,12,15,19H,6-11H2,1H3,(H,20,21)(H,22,23)/t12-/m0/s1. The van der Waals surface area contributed by atoms with Gasteiger partial charge in [0.2, 0.25) is 5.91 Å². The van der Waals surface area contributed by atoms with Crippen LogP contribution in [0.15, 0.2) is 24.3 Å². The predicted molar refractivity (Wildman–Crippen MR) is 93.4 cm³/mol. The summed E-state index contributed by atoms with van der Waals surface area (Å²) in [5, 5.41) is 14.4. The number of hydrogen-bond acceptors (Lipinski definition) is 6. The average molecular weight is 364 g/mol. The molecule has 1 heterocycles. The average Bonchev–Trinajstić information content (AvgIpc) is 2.65. The number of carboxylic acid groups (broad SMARTS) is 1. The van der Waals surface area contributed by atoms with E-state index in [0.29, 0.717) is 11.3 Å². The molecule has 0 spiro atoms. The molecule has 3 N–H and O–H groups in total. The molecule has 0 bridgehead atoms. The largest absolute Gasteiger partial charge is 0.482 e. The van der Waals surface area contributed by atoms with Gasteiger partial charge in [0.1, 0.15) is 12.4 Å². The summed E-state index contributed by atoms with van der Waals surface area (Å²) in [4.78, 5) is 34.8. The second kappa shape index (κ2) is 9.88. The summed E-state index contributed by atoms with van der Waals surface area (Å²) >= 11 is 0. The summed E-state index contributed by atoms with van der Waals surface area (Å²) < 4.78 is 10.6. The smallest absolute Gasteiger partial charge is 0.341 e. The van der Waals surface area contributed by atoms with Crippen molar-refractivity contribution >= 4 is 17.7 Å². The molecular formula is C18H24N2O6. The fraction of sp³-hybridized carbons (Fsp3) is 0.500. The van der Waals surface area contributed by atoms with Gasteiger partial charge in [-0.2, -0.15) is 0 Å². The van der Waals surface area contributed by atoms with Crippen LogP contribution < -0.4 is 15.4 Å². The van der Waals surface area contributed by atoms with Gasteiger partial charge in [-0.3, -0.25) is 9.59 Å². The highest BCUT2D eigenvalue weighted by Gasteiger charge is 2.19. The summed E-state index contributed by atoms with van der Waals surface area (Å²) in [7, 11) is 0. The topological polar surface area (TPSA) is 114 Å². The Morgan fingerprint density at radius 1 is 1.19 bits per heavy atom. The minimum Gasteiger partial charge on any atom is -0.482 e. The molecule has 0 saturated carbocycles. The third kappa shape index (κ3) is 6.45. The number of carbonyl (C=O) groups is 3. The lowest BCUT2D eigenvalue weighted by molar-refractivity contribution is -0.139. The van der Waals surface area contributed by atoms with Crippen molar-refractivity contribution in [1.82, 2.24) is 10.6 Å². The van der Waals surface area contributed by atoms with E-state index in [2.05, 4.69) is 10.6 Å². The molecule has 0 aromatic heterocycles. The molecule has 1 aromatic carbocycles. The number of carboxylic acids is 1. The lowest BCUT2D eigenvalue weighted by Gasteiger charge is -2.23. The van der Waals surface area contributed by atoms with E-state index in [9.17, 15) is 14.4 Å². The Kier molecular flexibility index (Phi) is 7.55. The maximum absolute atomic E-state index is 12.4. The van der Waals surface area contributed by atoms with Crippen LogP contribution in [-0.2, 0) is 14.3 Å². The van der Waals surface area contributed by atoms with E-state index in [1.807, 2.05) is 0 Å². The first-order valence-corrected chi connectivity index (χ1v) is 8.56. The van der Waals surface area contributed by atoms with Gasteiger partial charge in [0.05, 0.1) is 12.1 Å². The van der Waals surface area contributed by atoms with E-state index >= 15 is 0 Å². The van der Waals surface area contributed by atoms with Gasteiger partial charge in [-0.1, -0.05) is 0 Å². The van der Waals surface area contributed by atoms with Crippen LogP contribution in [0.1, 0.15) is 30.1 Å². The Balaban J connectivity index is 1.78. The number of amides is 1. The van der Waals surface area contributed by atoms with Crippen LogP contribution in [0, 0.1) is 0 Å². The fourth-order valence-corrected chi connectivity index (χ4v) is 2.61. The van der Waals surface area contributed by atoms with Crippen LogP contribution in [0.25, 0.3) is 0 Å². The summed E-state index contributed by atoms with van der Waals surface area (Å²) in [6.45, 7) is 2.86. The van der Waals surface area contributed by atoms with Crippen molar-refractivity contribution in [2.24, 2.45) is 0 Å². The van der Waals surface area contributed by atoms with Crippen LogP contribution in [-0.4, -0.2) is 61.2 Å². The van der Waals surface area contributed by atoms with Crippen molar-refractivity contribution in [3.8, 4) is 5.75 Å². The number of nitrogens with one attached hydrogen (secondary N) is 2. The van der Waals surface area contributed by atoms with Crippen LogP contribution >= 0.6 is 0 Å². The zero-order valence-corrected chi connectivity index (χ0v) is 14.7. The number of piperidine rings is 1. The molecule has 0 aliphatic carbocycles. The van der Waals surface area contributed by atoms with E-state index in [0.717, 1.165) is 25.9 Å². The number of ether oxygens (including phenoxy) is 2. The molecule has 8 nitrogen and oxygen atoms in total. The van der Waals surface area contributed by atoms with E-state index < -0.39 is 18.6 Å². The van der Waals surface area contributed by atoms with Gasteiger partial charge in [-0.05, 0) is 57.1 Å². The molecule has 142 valence electrons. The summed E-state index contributed by atoms with van der Waals surface area (Å²) in [5.74, 6) is -1.29. The summed E-state index contributed by atoms with van der Waals surface area (Å²) in [6.07, 6.45) is 1.82. The zero-order chi connectivity index (χ0) is 18.9. The molecular weight excluding hydrogens is 340 g/mol. The van der Waals surface area contributed by atoms with E-state index in [-0.39, 0.29) is 24.4 Å². The number of benzene rings is 1.